The number of aromatic nitrogens is 1. The van der Waals surface area contributed by atoms with E-state index in [1.54, 1.807) is 26.0 Å². The van der Waals surface area contributed by atoms with Crippen molar-refractivity contribution in [1.29, 1.82) is 0 Å². The Morgan fingerprint density at radius 1 is 1.50 bits per heavy atom. The summed E-state index contributed by atoms with van der Waals surface area (Å²) in [5.41, 5.74) is -0.386. The maximum Gasteiger partial charge on any atom is 0.335 e. The molecule has 1 aliphatic carbocycles. The van der Waals surface area contributed by atoms with E-state index in [4.69, 9.17) is 9.84 Å². The molecule has 1 fully saturated rings. The summed E-state index contributed by atoms with van der Waals surface area (Å²) in [6.07, 6.45) is 2.25. The number of aliphatic hydroxyl groups is 1. The fourth-order valence-electron chi connectivity index (χ4n) is 1.72. The molecule has 0 unspecified atom stereocenters. The van der Waals surface area contributed by atoms with E-state index in [1.165, 1.54) is 0 Å². The Kier molecular flexibility index (Phi) is 3.81. The van der Waals surface area contributed by atoms with Gasteiger partial charge in [0.05, 0.1) is 23.4 Å². The number of aliphatic carboxylic acids is 1. The molecule has 0 aromatic carbocycles. The maximum absolute atomic E-state index is 11.1. The molecule has 2 N–H and O–H groups in total. The van der Waals surface area contributed by atoms with E-state index in [2.05, 4.69) is 11.6 Å². The largest absolute Gasteiger partial charge is 0.478 e. The number of hydrogen-bond acceptors (Lipinski definition) is 4. The number of hydrogen-bond donors (Lipinski definition) is 2. The van der Waals surface area contributed by atoms with E-state index in [9.17, 15) is 9.90 Å². The number of carbonyl (C=O) groups is 1. The zero-order valence-corrected chi connectivity index (χ0v) is 11.7. The molecule has 0 bridgehead atoms. The van der Waals surface area contributed by atoms with E-state index in [0.717, 1.165) is 12.8 Å². The molecule has 1 aliphatic rings. The van der Waals surface area contributed by atoms with E-state index in [-0.39, 0.29) is 11.5 Å². The first-order chi connectivity index (χ1) is 9.29. The molecule has 1 heterocycles. The van der Waals surface area contributed by atoms with Gasteiger partial charge in [0, 0.05) is 0 Å². The summed E-state index contributed by atoms with van der Waals surface area (Å²) in [7, 11) is 0. The van der Waals surface area contributed by atoms with Crippen LogP contribution in [0.25, 0.3) is 5.57 Å². The Balaban J connectivity index is 2.33. The van der Waals surface area contributed by atoms with Crippen molar-refractivity contribution in [2.45, 2.75) is 32.3 Å². The predicted molar refractivity (Wildman–Crippen MR) is 74.4 cm³/mol. The first-order valence-electron chi connectivity index (χ1n) is 6.58. The van der Waals surface area contributed by atoms with Gasteiger partial charge in [-0.2, -0.15) is 0 Å². The summed E-state index contributed by atoms with van der Waals surface area (Å²) < 4.78 is 5.62. The highest BCUT2D eigenvalue weighted by molar-refractivity contribution is 6.15. The molecule has 1 aromatic heterocycles. The highest BCUT2D eigenvalue weighted by Gasteiger charge is 2.25. The molecular weight excluding hydrogens is 258 g/mol. The van der Waals surface area contributed by atoms with Gasteiger partial charge in [0.25, 0.3) is 0 Å². The SMILES string of the molecule is C=C(C(=O)O)c1ccc(C(C)(C)O)nc1OCC1CC1. The number of ether oxygens (including phenoxy) is 1. The van der Waals surface area contributed by atoms with E-state index in [0.29, 0.717) is 23.8 Å². The van der Waals surface area contributed by atoms with Crippen LogP contribution in [0.4, 0.5) is 0 Å². The van der Waals surface area contributed by atoms with Crippen LogP contribution in [-0.4, -0.2) is 27.8 Å². The molecule has 0 atom stereocenters. The lowest BCUT2D eigenvalue weighted by molar-refractivity contribution is -0.130. The minimum absolute atomic E-state index is 0.0643. The van der Waals surface area contributed by atoms with Gasteiger partial charge in [-0.25, -0.2) is 9.78 Å². The molecule has 2 rings (SSSR count). The predicted octanol–water partition coefficient (Wildman–Crippen LogP) is 2.20. The monoisotopic (exact) mass is 277 g/mol. The van der Waals surface area contributed by atoms with E-state index >= 15 is 0 Å². The number of carboxylic acid groups (broad SMARTS) is 1. The Labute approximate surface area is 117 Å². The van der Waals surface area contributed by atoms with Gasteiger partial charge in [-0.05, 0) is 44.7 Å². The lowest BCUT2D eigenvalue weighted by Crippen LogP contribution is -2.19. The van der Waals surface area contributed by atoms with Crippen LogP contribution in [0.3, 0.4) is 0 Å². The van der Waals surface area contributed by atoms with Crippen molar-refractivity contribution in [1.82, 2.24) is 4.98 Å². The van der Waals surface area contributed by atoms with Crippen molar-refractivity contribution in [2.75, 3.05) is 6.61 Å². The third kappa shape index (κ3) is 3.36. The lowest BCUT2D eigenvalue weighted by atomic mass is 10.0. The minimum Gasteiger partial charge on any atom is -0.478 e. The molecule has 0 radical (unpaired) electrons. The number of pyridine rings is 1. The summed E-state index contributed by atoms with van der Waals surface area (Å²) in [5, 5.41) is 19.0. The third-order valence-electron chi connectivity index (χ3n) is 3.22. The van der Waals surface area contributed by atoms with Gasteiger partial charge < -0.3 is 14.9 Å². The van der Waals surface area contributed by atoms with Crippen molar-refractivity contribution in [3.8, 4) is 5.88 Å². The Morgan fingerprint density at radius 2 is 2.15 bits per heavy atom. The van der Waals surface area contributed by atoms with E-state index < -0.39 is 11.6 Å². The van der Waals surface area contributed by atoms with Gasteiger partial charge >= 0.3 is 5.97 Å². The Hall–Kier alpha value is -1.88. The standard InChI is InChI=1S/C15H19NO4/c1-9(14(17)18)11-6-7-12(15(2,3)19)16-13(11)20-8-10-4-5-10/h6-7,10,19H,1,4-5,8H2,2-3H3,(H,17,18). The molecule has 0 spiro atoms. The van der Waals surface area contributed by atoms with Gasteiger partial charge in [0.2, 0.25) is 5.88 Å². The summed E-state index contributed by atoms with van der Waals surface area (Å²) in [5.74, 6) is -0.364. The van der Waals surface area contributed by atoms with Gasteiger partial charge in [-0.15, -0.1) is 0 Å². The lowest BCUT2D eigenvalue weighted by Gasteiger charge is -2.19. The first-order valence-corrected chi connectivity index (χ1v) is 6.58. The number of nitrogens with zero attached hydrogens (tertiary/aromatic N) is 1. The minimum atomic E-state index is -1.11. The fraction of sp³-hybridized carbons (Fsp3) is 0.467. The van der Waals surface area contributed by atoms with Crippen LogP contribution in [0.5, 0.6) is 5.88 Å². The van der Waals surface area contributed by atoms with Gasteiger partial charge in [-0.3, -0.25) is 0 Å². The zero-order valence-electron chi connectivity index (χ0n) is 11.7. The zero-order chi connectivity index (χ0) is 14.9. The van der Waals surface area contributed by atoms with Crippen LogP contribution in [0.2, 0.25) is 0 Å². The number of rotatable bonds is 6. The molecule has 0 amide bonds. The van der Waals surface area contributed by atoms with Crippen molar-refractivity contribution in [2.24, 2.45) is 5.92 Å². The second-order valence-electron chi connectivity index (χ2n) is 5.65. The maximum atomic E-state index is 11.1. The molecule has 5 nitrogen and oxygen atoms in total. The van der Waals surface area contributed by atoms with Crippen LogP contribution < -0.4 is 4.74 Å². The third-order valence-corrected chi connectivity index (χ3v) is 3.22. The van der Waals surface area contributed by atoms with Crippen molar-refractivity contribution in [3.63, 3.8) is 0 Å². The summed E-state index contributed by atoms with van der Waals surface area (Å²) in [4.78, 5) is 15.3. The van der Waals surface area contributed by atoms with Crippen LogP contribution in [0, 0.1) is 5.92 Å². The molecule has 0 aliphatic heterocycles. The highest BCUT2D eigenvalue weighted by atomic mass is 16.5. The van der Waals surface area contributed by atoms with Crippen molar-refractivity contribution >= 4 is 11.5 Å². The average Bonchev–Trinajstić information content (AvgIpc) is 3.18. The summed E-state index contributed by atoms with van der Waals surface area (Å²) in [6, 6.07) is 3.17. The van der Waals surface area contributed by atoms with Crippen LogP contribution in [0.1, 0.15) is 37.9 Å². The Bertz CT molecular complexity index is 541. The van der Waals surface area contributed by atoms with Gasteiger partial charge in [0.15, 0.2) is 0 Å². The average molecular weight is 277 g/mol. The topological polar surface area (TPSA) is 79.7 Å². The van der Waals surface area contributed by atoms with Crippen molar-refractivity contribution < 1.29 is 19.7 Å². The summed E-state index contributed by atoms with van der Waals surface area (Å²) >= 11 is 0. The Morgan fingerprint density at radius 3 is 2.65 bits per heavy atom. The first kappa shape index (κ1) is 14.5. The second kappa shape index (κ2) is 5.25. The smallest absolute Gasteiger partial charge is 0.335 e. The normalized spacial score (nSPS) is 14.9. The van der Waals surface area contributed by atoms with Gasteiger partial charge in [0.1, 0.15) is 5.60 Å². The summed E-state index contributed by atoms with van der Waals surface area (Å²) in [6.45, 7) is 7.29. The van der Waals surface area contributed by atoms with Gasteiger partial charge in [-0.1, -0.05) is 6.58 Å². The fourth-order valence-corrected chi connectivity index (χ4v) is 1.72. The second-order valence-corrected chi connectivity index (χ2v) is 5.65. The molecule has 108 valence electrons. The quantitative estimate of drug-likeness (QED) is 0.779. The highest BCUT2D eigenvalue weighted by Crippen LogP contribution is 2.32. The van der Waals surface area contributed by atoms with E-state index in [1.807, 2.05) is 0 Å². The number of carboxylic acids is 1. The molecular formula is C15H19NO4. The molecule has 20 heavy (non-hydrogen) atoms. The van der Waals surface area contributed by atoms with Crippen molar-refractivity contribution in [3.05, 3.63) is 30.0 Å². The molecule has 1 saturated carbocycles. The molecule has 5 heteroatoms. The molecule has 1 aromatic rings. The van der Waals surface area contributed by atoms with Crippen LogP contribution in [0.15, 0.2) is 18.7 Å². The van der Waals surface area contributed by atoms with Crippen LogP contribution in [-0.2, 0) is 10.4 Å². The van der Waals surface area contributed by atoms with Crippen LogP contribution >= 0.6 is 0 Å². The molecule has 0 saturated heterocycles.